The number of hydrogen-bond acceptors (Lipinski definition) is 1. The lowest BCUT2D eigenvalue weighted by Gasteiger charge is -2.34. The summed E-state index contributed by atoms with van der Waals surface area (Å²) in [6.07, 6.45) is -0.299. The van der Waals surface area contributed by atoms with E-state index in [-0.39, 0.29) is 5.54 Å². The maximum Gasteiger partial charge on any atom is 0.416 e. The van der Waals surface area contributed by atoms with E-state index in [0.29, 0.717) is 10.8 Å². The van der Waals surface area contributed by atoms with E-state index >= 15 is 0 Å². The van der Waals surface area contributed by atoms with Crippen molar-refractivity contribution in [3.8, 4) is 0 Å². The zero-order valence-electron chi connectivity index (χ0n) is 14.5. The zero-order valence-corrected chi connectivity index (χ0v) is 15.3. The average Bonchev–Trinajstić information content (AvgIpc) is 3.04. The third-order valence-electron chi connectivity index (χ3n) is 4.92. The molecular formula is C20H21F3N2S. The van der Waals surface area contributed by atoms with Crippen LogP contribution in [0.5, 0.6) is 0 Å². The van der Waals surface area contributed by atoms with Gasteiger partial charge in [0.2, 0.25) is 0 Å². The number of benzene rings is 2. The fraction of sp³-hybridized carbons (Fsp3) is 0.350. The molecular weight excluding hydrogens is 357 g/mol. The molecule has 0 atom stereocenters. The Morgan fingerprint density at radius 1 is 1.04 bits per heavy atom. The van der Waals surface area contributed by atoms with Gasteiger partial charge in [-0.25, -0.2) is 0 Å². The van der Waals surface area contributed by atoms with Crippen molar-refractivity contribution in [3.63, 3.8) is 0 Å². The maximum atomic E-state index is 12.9. The van der Waals surface area contributed by atoms with E-state index in [1.807, 2.05) is 12.1 Å². The van der Waals surface area contributed by atoms with Crippen LogP contribution in [0.25, 0.3) is 0 Å². The van der Waals surface area contributed by atoms with Crippen LogP contribution in [0.2, 0.25) is 0 Å². The predicted molar refractivity (Wildman–Crippen MR) is 102 cm³/mol. The molecule has 0 radical (unpaired) electrons. The second-order valence-corrected chi connectivity index (χ2v) is 7.17. The van der Waals surface area contributed by atoms with Crippen molar-refractivity contribution in [1.82, 2.24) is 5.32 Å². The normalized spacial score (nSPS) is 16.3. The van der Waals surface area contributed by atoms with Crippen LogP contribution in [0.4, 0.5) is 18.9 Å². The summed E-state index contributed by atoms with van der Waals surface area (Å²) >= 11 is 5.42. The van der Waals surface area contributed by atoms with E-state index in [2.05, 4.69) is 29.7 Å². The molecule has 2 aromatic rings. The first-order chi connectivity index (χ1) is 12.3. The van der Waals surface area contributed by atoms with Crippen LogP contribution in [0, 0.1) is 6.92 Å². The molecule has 6 heteroatoms. The van der Waals surface area contributed by atoms with Gasteiger partial charge >= 0.3 is 6.18 Å². The number of aryl methyl sites for hydroxylation is 1. The van der Waals surface area contributed by atoms with Crippen molar-refractivity contribution in [2.75, 3.05) is 5.32 Å². The topological polar surface area (TPSA) is 24.1 Å². The Bertz CT molecular complexity index is 796. The lowest BCUT2D eigenvalue weighted by molar-refractivity contribution is -0.137. The Balaban J connectivity index is 1.79. The molecule has 0 unspecified atom stereocenters. The van der Waals surface area contributed by atoms with Gasteiger partial charge in [-0.2, -0.15) is 13.2 Å². The Kier molecular flexibility index (Phi) is 5.23. The number of halogens is 3. The summed E-state index contributed by atoms with van der Waals surface area (Å²) in [6, 6.07) is 13.3. The quantitative estimate of drug-likeness (QED) is 0.663. The molecule has 0 bridgehead atoms. The smallest absolute Gasteiger partial charge is 0.353 e. The molecule has 0 amide bonds. The van der Waals surface area contributed by atoms with Crippen LogP contribution in [-0.4, -0.2) is 5.11 Å². The third-order valence-corrected chi connectivity index (χ3v) is 5.12. The van der Waals surface area contributed by atoms with Crippen molar-refractivity contribution in [2.45, 2.75) is 44.3 Å². The zero-order chi connectivity index (χ0) is 18.8. The number of anilines is 1. The molecule has 1 fully saturated rings. The van der Waals surface area contributed by atoms with Gasteiger partial charge in [0.25, 0.3) is 0 Å². The Labute approximate surface area is 156 Å². The molecule has 0 spiro atoms. The lowest BCUT2D eigenvalue weighted by atomic mass is 9.85. The number of alkyl halides is 3. The minimum Gasteiger partial charge on any atom is -0.353 e. The fourth-order valence-electron chi connectivity index (χ4n) is 3.70. The van der Waals surface area contributed by atoms with Gasteiger partial charge in [0, 0.05) is 5.69 Å². The van der Waals surface area contributed by atoms with Crippen molar-refractivity contribution in [3.05, 3.63) is 65.2 Å². The largest absolute Gasteiger partial charge is 0.416 e. The van der Waals surface area contributed by atoms with Crippen molar-refractivity contribution >= 4 is 23.0 Å². The average molecular weight is 378 g/mol. The molecule has 0 saturated heterocycles. The van der Waals surface area contributed by atoms with Gasteiger partial charge in [-0.15, -0.1) is 0 Å². The molecule has 2 nitrogen and oxygen atoms in total. The van der Waals surface area contributed by atoms with Crippen molar-refractivity contribution in [2.24, 2.45) is 0 Å². The monoisotopic (exact) mass is 378 g/mol. The van der Waals surface area contributed by atoms with Gasteiger partial charge in [0.15, 0.2) is 5.11 Å². The molecule has 1 aliphatic rings. The summed E-state index contributed by atoms with van der Waals surface area (Å²) in [5, 5.41) is 6.65. The van der Waals surface area contributed by atoms with Gasteiger partial charge < -0.3 is 10.6 Å². The first kappa shape index (κ1) is 18.7. The first-order valence-electron chi connectivity index (χ1n) is 8.63. The molecule has 2 N–H and O–H groups in total. The highest BCUT2D eigenvalue weighted by molar-refractivity contribution is 7.80. The molecule has 3 rings (SSSR count). The molecule has 0 aliphatic heterocycles. The Hall–Kier alpha value is -2.08. The minimum atomic E-state index is -4.37. The molecule has 0 heterocycles. The second kappa shape index (κ2) is 7.27. The van der Waals surface area contributed by atoms with E-state index in [0.717, 1.165) is 37.8 Å². The summed E-state index contributed by atoms with van der Waals surface area (Å²) in [5.41, 5.74) is 1.75. The molecule has 1 saturated carbocycles. The highest BCUT2D eigenvalue weighted by atomic mass is 32.1. The Morgan fingerprint density at radius 2 is 1.73 bits per heavy atom. The highest BCUT2D eigenvalue weighted by Gasteiger charge is 2.37. The summed E-state index contributed by atoms with van der Waals surface area (Å²) in [6.45, 7) is 2.07. The standard InChI is InChI=1S/C20H21F3N2S/c1-14-7-2-3-10-17(14)19(11-4-5-12-19)25-18(26)24-16-9-6-8-15(13-16)20(21,22)23/h2-3,6-10,13H,4-5,11-12H2,1H3,(H2,24,25,26). The van der Waals surface area contributed by atoms with Crippen LogP contribution >= 0.6 is 12.2 Å². The van der Waals surface area contributed by atoms with Crippen LogP contribution in [-0.2, 0) is 11.7 Å². The summed E-state index contributed by atoms with van der Waals surface area (Å²) in [4.78, 5) is 0. The fourth-order valence-corrected chi connectivity index (χ4v) is 4.02. The lowest BCUT2D eigenvalue weighted by Crippen LogP contribution is -2.46. The number of nitrogens with one attached hydrogen (secondary N) is 2. The van der Waals surface area contributed by atoms with E-state index in [1.54, 1.807) is 6.07 Å². The van der Waals surface area contributed by atoms with Crippen LogP contribution in [0.1, 0.15) is 42.4 Å². The molecule has 1 aliphatic carbocycles. The number of rotatable bonds is 3. The SMILES string of the molecule is Cc1ccccc1C1(NC(=S)Nc2cccc(C(F)(F)F)c2)CCCC1. The van der Waals surface area contributed by atoms with Crippen LogP contribution in [0.15, 0.2) is 48.5 Å². The van der Waals surface area contributed by atoms with E-state index in [9.17, 15) is 13.2 Å². The van der Waals surface area contributed by atoms with Crippen molar-refractivity contribution < 1.29 is 13.2 Å². The van der Waals surface area contributed by atoms with Gasteiger partial charge in [-0.3, -0.25) is 0 Å². The number of hydrogen-bond donors (Lipinski definition) is 2. The van der Waals surface area contributed by atoms with E-state index < -0.39 is 11.7 Å². The molecule has 26 heavy (non-hydrogen) atoms. The molecule has 2 aromatic carbocycles. The first-order valence-corrected chi connectivity index (χ1v) is 9.04. The van der Waals surface area contributed by atoms with Crippen LogP contribution < -0.4 is 10.6 Å². The molecule has 0 aromatic heterocycles. The summed E-state index contributed by atoms with van der Waals surface area (Å²) in [7, 11) is 0. The Morgan fingerprint density at radius 3 is 2.38 bits per heavy atom. The van der Waals surface area contributed by atoms with E-state index in [1.165, 1.54) is 17.2 Å². The summed E-state index contributed by atoms with van der Waals surface area (Å²) < 4.78 is 38.7. The molecule has 138 valence electrons. The predicted octanol–water partition coefficient (Wildman–Crippen LogP) is 5.77. The van der Waals surface area contributed by atoms with Gasteiger partial charge in [0.05, 0.1) is 11.1 Å². The van der Waals surface area contributed by atoms with Gasteiger partial charge in [0.1, 0.15) is 0 Å². The number of thiocarbonyl (C=S) groups is 1. The second-order valence-electron chi connectivity index (χ2n) is 6.76. The summed E-state index contributed by atoms with van der Waals surface area (Å²) in [5.74, 6) is 0. The van der Waals surface area contributed by atoms with Gasteiger partial charge in [-0.05, 0) is 61.3 Å². The maximum absolute atomic E-state index is 12.9. The minimum absolute atomic E-state index is 0.267. The third kappa shape index (κ3) is 4.01. The van der Waals surface area contributed by atoms with E-state index in [4.69, 9.17) is 12.2 Å². The highest BCUT2D eigenvalue weighted by Crippen LogP contribution is 2.40. The van der Waals surface area contributed by atoms with Crippen molar-refractivity contribution in [1.29, 1.82) is 0 Å². The van der Waals surface area contributed by atoms with Crippen LogP contribution in [0.3, 0.4) is 0 Å². The van der Waals surface area contributed by atoms with Gasteiger partial charge in [-0.1, -0.05) is 43.2 Å².